The van der Waals surface area contributed by atoms with Crippen LogP contribution in [0.1, 0.15) is 16.8 Å². The first-order valence-electron chi connectivity index (χ1n) is 5.27. The summed E-state index contributed by atoms with van der Waals surface area (Å²) in [5.41, 5.74) is 5.94. The van der Waals surface area contributed by atoms with Crippen molar-refractivity contribution in [3.05, 3.63) is 17.8 Å². The summed E-state index contributed by atoms with van der Waals surface area (Å²) in [5, 5.41) is 8.73. The molecule has 0 radical (unpaired) electrons. The maximum atomic E-state index is 10.7. The van der Waals surface area contributed by atoms with Crippen molar-refractivity contribution in [2.24, 2.45) is 0 Å². The monoisotopic (exact) mass is 239 g/mol. The molecule has 0 saturated carbocycles. The van der Waals surface area contributed by atoms with Crippen LogP contribution in [-0.4, -0.2) is 48.2 Å². The highest BCUT2D eigenvalue weighted by Gasteiger charge is 2.08. The molecule has 0 aliphatic rings. The van der Waals surface area contributed by atoms with Crippen LogP contribution in [0.2, 0.25) is 0 Å². The summed E-state index contributed by atoms with van der Waals surface area (Å²) < 4.78 is 5.37. The normalized spacial score (nSPS) is 10.5. The van der Waals surface area contributed by atoms with Crippen molar-refractivity contribution in [1.29, 1.82) is 0 Å². The summed E-state index contributed by atoms with van der Waals surface area (Å²) in [5.74, 6) is -0.767. The van der Waals surface area contributed by atoms with Gasteiger partial charge in [0, 0.05) is 12.7 Å². The molecule has 6 heteroatoms. The molecule has 1 heterocycles. The Bertz CT molecular complexity index is 394. The van der Waals surface area contributed by atoms with Crippen molar-refractivity contribution < 1.29 is 14.6 Å². The van der Waals surface area contributed by atoms with E-state index in [2.05, 4.69) is 4.98 Å². The van der Waals surface area contributed by atoms with Crippen LogP contribution in [0, 0.1) is 0 Å². The fourth-order valence-electron chi connectivity index (χ4n) is 1.26. The minimum absolute atomic E-state index is 0.0585. The molecule has 3 N–H and O–H groups in total. The van der Waals surface area contributed by atoms with E-state index in [1.165, 1.54) is 12.3 Å². The lowest BCUT2D eigenvalue weighted by atomic mass is 10.2. The van der Waals surface area contributed by atoms with Gasteiger partial charge in [-0.3, -0.25) is 0 Å². The molecule has 1 aromatic rings. The van der Waals surface area contributed by atoms with Crippen LogP contribution < -0.4 is 10.5 Å². The number of carboxylic acid groups (broad SMARTS) is 1. The third-order valence-electron chi connectivity index (χ3n) is 2.11. The van der Waals surface area contributed by atoms with Gasteiger partial charge < -0.3 is 20.5 Å². The number of pyridine rings is 1. The van der Waals surface area contributed by atoms with Gasteiger partial charge >= 0.3 is 5.97 Å². The van der Waals surface area contributed by atoms with Crippen LogP contribution in [0.25, 0.3) is 0 Å². The van der Waals surface area contributed by atoms with Crippen molar-refractivity contribution in [3.8, 4) is 5.88 Å². The summed E-state index contributed by atoms with van der Waals surface area (Å²) in [6.45, 7) is 1.41. The number of hydrogen-bond donors (Lipinski definition) is 2. The number of rotatable bonds is 6. The summed E-state index contributed by atoms with van der Waals surface area (Å²) >= 11 is 0. The van der Waals surface area contributed by atoms with Gasteiger partial charge in [0.15, 0.2) is 0 Å². The minimum Gasteiger partial charge on any atom is -0.478 e. The number of nitrogens with zero attached hydrogens (tertiary/aromatic N) is 2. The molecule has 1 rings (SSSR count). The van der Waals surface area contributed by atoms with E-state index >= 15 is 0 Å². The molecule has 1 aromatic heterocycles. The number of anilines is 1. The van der Waals surface area contributed by atoms with E-state index in [4.69, 9.17) is 15.6 Å². The Balaban J connectivity index is 2.52. The van der Waals surface area contributed by atoms with Crippen molar-refractivity contribution in [1.82, 2.24) is 9.88 Å². The first-order valence-corrected chi connectivity index (χ1v) is 5.27. The Morgan fingerprint density at radius 2 is 2.29 bits per heavy atom. The van der Waals surface area contributed by atoms with Gasteiger partial charge in [-0.2, -0.15) is 0 Å². The Hall–Kier alpha value is -1.82. The van der Waals surface area contributed by atoms with E-state index in [9.17, 15) is 4.79 Å². The second-order valence-corrected chi connectivity index (χ2v) is 3.93. The van der Waals surface area contributed by atoms with Crippen molar-refractivity contribution in [2.45, 2.75) is 6.42 Å². The van der Waals surface area contributed by atoms with Crippen LogP contribution in [-0.2, 0) is 0 Å². The number of aromatic carboxylic acids is 1. The predicted octanol–water partition coefficient (Wildman–Crippen LogP) is 0.692. The second kappa shape index (κ2) is 6.05. The van der Waals surface area contributed by atoms with Crippen molar-refractivity contribution in [3.63, 3.8) is 0 Å². The van der Waals surface area contributed by atoms with Crippen LogP contribution >= 0.6 is 0 Å². The number of ether oxygens (including phenoxy) is 1. The smallest absolute Gasteiger partial charge is 0.337 e. The van der Waals surface area contributed by atoms with Crippen LogP contribution in [0.4, 0.5) is 5.69 Å². The molecular weight excluding hydrogens is 222 g/mol. The first kappa shape index (κ1) is 13.2. The molecular formula is C11H17N3O3. The number of nitrogen functional groups attached to an aromatic ring is 1. The van der Waals surface area contributed by atoms with Crippen molar-refractivity contribution in [2.75, 3.05) is 33.0 Å². The van der Waals surface area contributed by atoms with E-state index in [0.717, 1.165) is 13.0 Å². The van der Waals surface area contributed by atoms with Gasteiger partial charge in [-0.25, -0.2) is 9.78 Å². The van der Waals surface area contributed by atoms with Gasteiger partial charge in [0.2, 0.25) is 5.88 Å². The number of carbonyl (C=O) groups is 1. The predicted molar refractivity (Wildman–Crippen MR) is 64.3 cm³/mol. The molecule has 94 valence electrons. The minimum atomic E-state index is -1.05. The van der Waals surface area contributed by atoms with Gasteiger partial charge in [-0.15, -0.1) is 0 Å². The van der Waals surface area contributed by atoms with Crippen molar-refractivity contribution >= 4 is 11.7 Å². The molecule has 17 heavy (non-hydrogen) atoms. The zero-order chi connectivity index (χ0) is 12.8. The summed E-state index contributed by atoms with van der Waals surface area (Å²) in [6.07, 6.45) is 2.09. The van der Waals surface area contributed by atoms with Gasteiger partial charge in [0.1, 0.15) is 0 Å². The third-order valence-corrected chi connectivity index (χ3v) is 2.11. The number of nitrogens with two attached hydrogens (primary N) is 1. The molecule has 0 saturated heterocycles. The third kappa shape index (κ3) is 4.28. The molecule has 0 fully saturated rings. The van der Waals surface area contributed by atoms with Gasteiger partial charge in [-0.1, -0.05) is 0 Å². The molecule has 0 aliphatic heterocycles. The average Bonchev–Trinajstić information content (AvgIpc) is 2.25. The van der Waals surface area contributed by atoms with Crippen LogP contribution in [0.15, 0.2) is 12.3 Å². The molecule has 0 spiro atoms. The number of hydrogen-bond acceptors (Lipinski definition) is 5. The SMILES string of the molecule is CN(C)CCCOc1ncc(C(=O)O)cc1N. The summed E-state index contributed by atoms with van der Waals surface area (Å²) in [7, 11) is 3.96. The zero-order valence-electron chi connectivity index (χ0n) is 10.0. The maximum Gasteiger partial charge on any atom is 0.337 e. The highest BCUT2D eigenvalue weighted by atomic mass is 16.5. The van der Waals surface area contributed by atoms with E-state index in [1.54, 1.807) is 0 Å². The standard InChI is InChI=1S/C11H17N3O3/c1-14(2)4-3-5-17-10-9(12)6-8(7-13-10)11(15)16/h6-7H,3-5,12H2,1-2H3,(H,15,16). The average molecular weight is 239 g/mol. The molecule has 0 atom stereocenters. The lowest BCUT2D eigenvalue weighted by Gasteiger charge is -2.11. The molecule has 6 nitrogen and oxygen atoms in total. The van der Waals surface area contributed by atoms with Gasteiger partial charge in [-0.05, 0) is 26.6 Å². The Labute approximate surface area is 100 Å². The Morgan fingerprint density at radius 3 is 2.82 bits per heavy atom. The quantitative estimate of drug-likeness (QED) is 0.710. The fraction of sp³-hybridized carbons (Fsp3) is 0.455. The second-order valence-electron chi connectivity index (χ2n) is 3.93. The Kier molecular flexibility index (Phi) is 4.71. The largest absolute Gasteiger partial charge is 0.478 e. The van der Waals surface area contributed by atoms with Gasteiger partial charge in [0.25, 0.3) is 0 Å². The van der Waals surface area contributed by atoms with Gasteiger partial charge in [0.05, 0.1) is 17.9 Å². The fourth-order valence-corrected chi connectivity index (χ4v) is 1.26. The van der Waals surface area contributed by atoms with E-state index in [1.807, 2.05) is 19.0 Å². The van der Waals surface area contributed by atoms with Crippen LogP contribution in [0.3, 0.4) is 0 Å². The molecule has 0 aromatic carbocycles. The highest BCUT2D eigenvalue weighted by Crippen LogP contribution is 2.18. The number of carboxylic acids is 1. The van der Waals surface area contributed by atoms with E-state index < -0.39 is 5.97 Å². The lowest BCUT2D eigenvalue weighted by Crippen LogP contribution is -2.16. The highest BCUT2D eigenvalue weighted by molar-refractivity contribution is 5.88. The zero-order valence-corrected chi connectivity index (χ0v) is 10.0. The molecule has 0 unspecified atom stereocenters. The molecule has 0 bridgehead atoms. The topological polar surface area (TPSA) is 88.7 Å². The van der Waals surface area contributed by atoms with Crippen LogP contribution in [0.5, 0.6) is 5.88 Å². The Morgan fingerprint density at radius 1 is 1.59 bits per heavy atom. The van der Waals surface area contributed by atoms with E-state index in [0.29, 0.717) is 6.61 Å². The summed E-state index contributed by atoms with van der Waals surface area (Å²) in [4.78, 5) is 16.6. The molecule has 0 aliphatic carbocycles. The summed E-state index contributed by atoms with van der Waals surface area (Å²) in [6, 6.07) is 1.34. The first-order chi connectivity index (χ1) is 8.00. The lowest BCUT2D eigenvalue weighted by molar-refractivity contribution is 0.0696. The number of aromatic nitrogens is 1. The maximum absolute atomic E-state index is 10.7. The van der Waals surface area contributed by atoms with E-state index in [-0.39, 0.29) is 17.1 Å². The molecule has 0 amide bonds.